The predicted octanol–water partition coefficient (Wildman–Crippen LogP) is 8.44. The third kappa shape index (κ3) is 8.03. The molecule has 0 unspecified atom stereocenters. The van der Waals surface area contributed by atoms with Gasteiger partial charge in [0.05, 0.1) is 17.7 Å². The van der Waals surface area contributed by atoms with Gasteiger partial charge in [0.15, 0.2) is 17.4 Å². The number of ketones is 1. The van der Waals surface area contributed by atoms with Crippen molar-refractivity contribution >= 4 is 29.0 Å². The standard InChI is InChI=1S/C23H19F5N2O2.C15H15F3N2O/c24-17-9-6-15(12-18(17)25)19(31)13-30-21(32)20(29-22(30)10-2-1-3-11-22)14-4-7-16(8-5-14)23(26,27)28;16-15(17,18)11-6-4-10(5-7-11)12-13(21)20-14(19-12)8-2-1-3-9-14/h4-9,12H,1-3,10-11,13H2;4-7H,1-3,8-9H2,(H,20,21). The number of halogens is 8. The summed E-state index contributed by atoms with van der Waals surface area (Å²) in [4.78, 5) is 48.5. The smallest absolute Gasteiger partial charge is 0.326 e. The lowest BCUT2D eigenvalue weighted by molar-refractivity contribution is -0.138. The Hall–Kier alpha value is -4.95. The Balaban J connectivity index is 0.000000198. The van der Waals surface area contributed by atoms with Gasteiger partial charge in [0, 0.05) is 16.7 Å². The number of amides is 2. The lowest BCUT2D eigenvalue weighted by Gasteiger charge is -2.38. The van der Waals surface area contributed by atoms with Gasteiger partial charge in [-0.2, -0.15) is 26.3 Å². The largest absolute Gasteiger partial charge is 0.416 e. The molecule has 2 heterocycles. The fraction of sp³-hybridized carbons (Fsp3) is 0.395. The van der Waals surface area contributed by atoms with Crippen LogP contribution in [-0.2, 0) is 21.9 Å². The summed E-state index contributed by atoms with van der Waals surface area (Å²) < 4.78 is 103. The Morgan fingerprint density at radius 3 is 1.68 bits per heavy atom. The molecule has 2 amide bonds. The maximum atomic E-state index is 13.6. The van der Waals surface area contributed by atoms with E-state index in [1.54, 1.807) is 0 Å². The number of carbonyl (C=O) groups is 3. The molecule has 0 saturated heterocycles. The zero-order chi connectivity index (χ0) is 38.2. The minimum Gasteiger partial charge on any atom is -0.326 e. The predicted molar refractivity (Wildman–Crippen MR) is 178 cm³/mol. The molecule has 15 heteroatoms. The van der Waals surface area contributed by atoms with Crippen molar-refractivity contribution in [1.82, 2.24) is 10.2 Å². The number of nitrogens with zero attached hydrogens (tertiary/aromatic N) is 3. The fourth-order valence-electron chi connectivity index (χ4n) is 7.21. The molecular formula is C38H34F8N4O3. The first kappa shape index (κ1) is 37.8. The number of hydrogen-bond acceptors (Lipinski definition) is 5. The molecule has 4 aliphatic rings. The summed E-state index contributed by atoms with van der Waals surface area (Å²) in [6, 6.07) is 11.5. The number of hydrogen-bond donors (Lipinski definition) is 1. The van der Waals surface area contributed by atoms with Gasteiger partial charge in [0.1, 0.15) is 22.7 Å². The summed E-state index contributed by atoms with van der Waals surface area (Å²) in [6.45, 7) is -0.391. The monoisotopic (exact) mass is 746 g/mol. The molecule has 0 bridgehead atoms. The van der Waals surface area contributed by atoms with Crippen molar-refractivity contribution in [1.29, 1.82) is 0 Å². The molecule has 0 aromatic heterocycles. The van der Waals surface area contributed by atoms with Gasteiger partial charge in [0.2, 0.25) is 0 Å². The van der Waals surface area contributed by atoms with Gasteiger partial charge in [-0.1, -0.05) is 37.1 Å². The van der Waals surface area contributed by atoms with Gasteiger partial charge >= 0.3 is 12.4 Å². The van der Waals surface area contributed by atoms with E-state index in [1.165, 1.54) is 29.2 Å². The quantitative estimate of drug-likeness (QED) is 0.210. The molecule has 280 valence electrons. The first-order chi connectivity index (χ1) is 25.0. The first-order valence-corrected chi connectivity index (χ1v) is 17.2. The number of Topliss-reactive ketones (excluding diaryl/α,β-unsaturated/α-hetero) is 1. The van der Waals surface area contributed by atoms with Crippen LogP contribution in [0.3, 0.4) is 0 Å². The van der Waals surface area contributed by atoms with E-state index in [0.717, 1.165) is 93.8 Å². The summed E-state index contributed by atoms with van der Waals surface area (Å²) in [7, 11) is 0. The Bertz CT molecular complexity index is 1940. The number of alkyl halides is 6. The van der Waals surface area contributed by atoms with E-state index in [4.69, 9.17) is 0 Å². The van der Waals surface area contributed by atoms with E-state index < -0.39 is 64.7 Å². The van der Waals surface area contributed by atoms with Crippen molar-refractivity contribution in [3.63, 3.8) is 0 Å². The van der Waals surface area contributed by atoms with Crippen LogP contribution < -0.4 is 5.32 Å². The van der Waals surface area contributed by atoms with Gasteiger partial charge in [0.25, 0.3) is 11.8 Å². The average Bonchev–Trinajstić information content (AvgIpc) is 3.58. The highest BCUT2D eigenvalue weighted by molar-refractivity contribution is 6.47. The molecule has 7 nitrogen and oxygen atoms in total. The molecule has 53 heavy (non-hydrogen) atoms. The van der Waals surface area contributed by atoms with Crippen molar-refractivity contribution in [3.05, 3.63) is 106 Å². The van der Waals surface area contributed by atoms with Crippen LogP contribution in [0.25, 0.3) is 0 Å². The Kier molecular flexibility index (Phi) is 10.3. The SMILES string of the molecule is O=C(CN1C(=O)C(c2ccc(C(F)(F)F)cc2)=NC12CCCCC2)c1ccc(F)c(F)c1.O=C1NC2(CCCCC2)N=C1c1ccc(C(F)(F)F)cc1. The molecule has 2 saturated carbocycles. The van der Waals surface area contributed by atoms with E-state index in [9.17, 15) is 49.5 Å². The molecule has 1 N–H and O–H groups in total. The highest BCUT2D eigenvalue weighted by atomic mass is 19.4. The van der Waals surface area contributed by atoms with Crippen LogP contribution in [0, 0.1) is 11.6 Å². The maximum Gasteiger partial charge on any atom is 0.416 e. The topological polar surface area (TPSA) is 91.2 Å². The van der Waals surface area contributed by atoms with Crippen LogP contribution in [0.1, 0.15) is 96.8 Å². The molecule has 0 radical (unpaired) electrons. The third-order valence-corrected chi connectivity index (χ3v) is 10.0. The van der Waals surface area contributed by atoms with Crippen molar-refractivity contribution < 1.29 is 49.5 Å². The van der Waals surface area contributed by atoms with E-state index in [-0.39, 0.29) is 28.5 Å². The number of nitrogens with one attached hydrogen (secondary N) is 1. The molecule has 2 aliphatic heterocycles. The maximum absolute atomic E-state index is 13.6. The summed E-state index contributed by atoms with van der Waals surface area (Å²) >= 11 is 0. The van der Waals surface area contributed by atoms with E-state index in [1.807, 2.05) is 0 Å². The zero-order valence-corrected chi connectivity index (χ0v) is 28.2. The lowest BCUT2D eigenvalue weighted by atomic mass is 9.88. The molecule has 3 aromatic rings. The van der Waals surface area contributed by atoms with Crippen LogP contribution in [0.15, 0.2) is 76.7 Å². The van der Waals surface area contributed by atoms with Gasteiger partial charge in [-0.15, -0.1) is 0 Å². The Morgan fingerprint density at radius 2 is 1.17 bits per heavy atom. The summed E-state index contributed by atoms with van der Waals surface area (Å²) in [5, 5.41) is 2.90. The van der Waals surface area contributed by atoms with Crippen LogP contribution in [0.5, 0.6) is 0 Å². The normalized spacial score (nSPS) is 19.4. The third-order valence-electron chi connectivity index (χ3n) is 10.0. The molecular weight excluding hydrogens is 712 g/mol. The average molecular weight is 747 g/mol. The first-order valence-electron chi connectivity index (χ1n) is 17.2. The van der Waals surface area contributed by atoms with Gasteiger partial charge in [-0.3, -0.25) is 24.4 Å². The van der Waals surface area contributed by atoms with Crippen molar-refractivity contribution in [2.45, 2.75) is 87.9 Å². The van der Waals surface area contributed by atoms with Crippen LogP contribution in [0.2, 0.25) is 0 Å². The number of benzene rings is 3. The second-order valence-corrected chi connectivity index (χ2v) is 13.6. The van der Waals surface area contributed by atoms with Crippen LogP contribution >= 0.6 is 0 Å². The van der Waals surface area contributed by atoms with Crippen molar-refractivity contribution in [3.8, 4) is 0 Å². The molecule has 0 atom stereocenters. The lowest BCUT2D eigenvalue weighted by Crippen LogP contribution is -2.50. The fourth-order valence-corrected chi connectivity index (χ4v) is 7.21. The van der Waals surface area contributed by atoms with Gasteiger partial charge in [-0.05, 0) is 93.8 Å². The minimum absolute atomic E-state index is 0.00119. The summed E-state index contributed by atoms with van der Waals surface area (Å²) in [5.74, 6) is -3.70. The number of rotatable bonds is 5. The highest BCUT2D eigenvalue weighted by Gasteiger charge is 2.48. The van der Waals surface area contributed by atoms with Gasteiger partial charge < -0.3 is 10.2 Å². The number of carbonyl (C=O) groups excluding carboxylic acids is 3. The van der Waals surface area contributed by atoms with Gasteiger partial charge in [-0.25, -0.2) is 8.78 Å². The molecule has 3 aromatic carbocycles. The molecule has 2 spiro atoms. The zero-order valence-electron chi connectivity index (χ0n) is 28.2. The Morgan fingerprint density at radius 1 is 0.660 bits per heavy atom. The second-order valence-electron chi connectivity index (χ2n) is 13.6. The van der Waals surface area contributed by atoms with E-state index in [2.05, 4.69) is 15.3 Å². The van der Waals surface area contributed by atoms with Crippen LogP contribution in [0.4, 0.5) is 35.1 Å². The summed E-state index contributed by atoms with van der Waals surface area (Å²) in [6.07, 6.45) is -0.660. The van der Waals surface area contributed by atoms with E-state index in [0.29, 0.717) is 18.4 Å². The summed E-state index contributed by atoms with van der Waals surface area (Å²) in [5.41, 5.74) is -2.24. The Labute approximate surface area is 299 Å². The van der Waals surface area contributed by atoms with Crippen molar-refractivity contribution in [2.75, 3.05) is 6.54 Å². The van der Waals surface area contributed by atoms with Crippen molar-refractivity contribution in [2.24, 2.45) is 9.98 Å². The number of aliphatic imine (C=N–C) groups is 2. The molecule has 7 rings (SSSR count). The van der Waals surface area contributed by atoms with E-state index >= 15 is 0 Å². The van der Waals surface area contributed by atoms with Crippen LogP contribution in [-0.4, -0.2) is 51.8 Å². The highest BCUT2D eigenvalue weighted by Crippen LogP contribution is 2.40. The second kappa shape index (κ2) is 14.5. The minimum atomic E-state index is -4.51. The molecule has 2 fully saturated rings. The molecule has 2 aliphatic carbocycles.